The van der Waals surface area contributed by atoms with Gasteiger partial charge in [0.15, 0.2) is 0 Å². The zero-order valence-electron chi connectivity index (χ0n) is 12.2. The van der Waals surface area contributed by atoms with Gasteiger partial charge in [0.25, 0.3) is 0 Å². The standard InChI is InChI=1S/C17H22N2/c1-5-19-17(15-9-12(2)10-18-11-15)16-13(3)7-6-8-14(16)4/h6-11,17,19H,5H2,1-4H3. The van der Waals surface area contributed by atoms with Gasteiger partial charge in [0.2, 0.25) is 0 Å². The smallest absolute Gasteiger partial charge is 0.0597 e. The van der Waals surface area contributed by atoms with E-state index in [0.717, 1.165) is 6.54 Å². The third kappa shape index (κ3) is 3.02. The summed E-state index contributed by atoms with van der Waals surface area (Å²) in [5.41, 5.74) is 6.46. The number of aryl methyl sites for hydroxylation is 3. The summed E-state index contributed by atoms with van der Waals surface area (Å²) in [4.78, 5) is 4.33. The van der Waals surface area contributed by atoms with Gasteiger partial charge >= 0.3 is 0 Å². The van der Waals surface area contributed by atoms with Crippen LogP contribution in [-0.2, 0) is 0 Å². The highest BCUT2D eigenvalue weighted by Gasteiger charge is 2.17. The van der Waals surface area contributed by atoms with E-state index in [4.69, 9.17) is 0 Å². The van der Waals surface area contributed by atoms with Crippen LogP contribution in [0.4, 0.5) is 0 Å². The summed E-state index contributed by atoms with van der Waals surface area (Å²) in [6.07, 6.45) is 3.86. The molecule has 0 aliphatic heterocycles. The lowest BCUT2D eigenvalue weighted by molar-refractivity contribution is 0.622. The average molecular weight is 254 g/mol. The molecule has 1 atom stereocenters. The van der Waals surface area contributed by atoms with Crippen LogP contribution >= 0.6 is 0 Å². The summed E-state index contributed by atoms with van der Waals surface area (Å²) in [6, 6.07) is 8.91. The largest absolute Gasteiger partial charge is 0.306 e. The van der Waals surface area contributed by atoms with Crippen molar-refractivity contribution >= 4 is 0 Å². The lowest BCUT2D eigenvalue weighted by Crippen LogP contribution is -2.23. The minimum Gasteiger partial charge on any atom is -0.306 e. The Hall–Kier alpha value is -1.67. The van der Waals surface area contributed by atoms with Crippen LogP contribution in [0, 0.1) is 20.8 Å². The second kappa shape index (κ2) is 5.98. The molecule has 1 aromatic heterocycles. The van der Waals surface area contributed by atoms with E-state index in [2.05, 4.69) is 62.3 Å². The Morgan fingerprint density at radius 3 is 2.37 bits per heavy atom. The zero-order chi connectivity index (χ0) is 13.8. The number of hydrogen-bond acceptors (Lipinski definition) is 2. The topological polar surface area (TPSA) is 24.9 Å². The number of rotatable bonds is 4. The van der Waals surface area contributed by atoms with E-state index in [1.54, 1.807) is 0 Å². The number of hydrogen-bond donors (Lipinski definition) is 1. The van der Waals surface area contributed by atoms with Gasteiger partial charge < -0.3 is 5.32 Å². The first-order valence-corrected chi connectivity index (χ1v) is 6.84. The molecule has 1 heterocycles. The predicted octanol–water partition coefficient (Wildman–Crippen LogP) is 3.71. The molecule has 19 heavy (non-hydrogen) atoms. The minimum absolute atomic E-state index is 0.221. The molecular formula is C17H22N2. The molecule has 0 bridgehead atoms. The van der Waals surface area contributed by atoms with E-state index in [9.17, 15) is 0 Å². The van der Waals surface area contributed by atoms with Gasteiger partial charge in [-0.3, -0.25) is 4.98 Å². The van der Waals surface area contributed by atoms with Crippen LogP contribution in [0.25, 0.3) is 0 Å². The van der Waals surface area contributed by atoms with Gasteiger partial charge in [0.1, 0.15) is 0 Å². The van der Waals surface area contributed by atoms with Crippen LogP contribution in [0.2, 0.25) is 0 Å². The van der Waals surface area contributed by atoms with E-state index < -0.39 is 0 Å². The monoisotopic (exact) mass is 254 g/mol. The average Bonchev–Trinajstić information content (AvgIpc) is 2.37. The van der Waals surface area contributed by atoms with Crippen LogP contribution in [0.15, 0.2) is 36.7 Å². The van der Waals surface area contributed by atoms with Crippen molar-refractivity contribution < 1.29 is 0 Å². The van der Waals surface area contributed by atoms with Crippen molar-refractivity contribution in [1.82, 2.24) is 10.3 Å². The molecule has 2 nitrogen and oxygen atoms in total. The van der Waals surface area contributed by atoms with E-state index in [1.165, 1.54) is 27.8 Å². The maximum atomic E-state index is 4.33. The molecule has 2 aromatic rings. The second-order valence-electron chi connectivity index (χ2n) is 5.09. The summed E-state index contributed by atoms with van der Waals surface area (Å²) in [7, 11) is 0. The highest BCUT2D eigenvalue weighted by atomic mass is 14.9. The van der Waals surface area contributed by atoms with Crippen molar-refractivity contribution in [2.24, 2.45) is 0 Å². The second-order valence-corrected chi connectivity index (χ2v) is 5.09. The lowest BCUT2D eigenvalue weighted by Gasteiger charge is -2.23. The molecule has 1 unspecified atom stereocenters. The molecule has 1 N–H and O–H groups in total. The number of nitrogens with one attached hydrogen (secondary N) is 1. The molecule has 0 saturated carbocycles. The zero-order valence-corrected chi connectivity index (χ0v) is 12.2. The van der Waals surface area contributed by atoms with Crippen molar-refractivity contribution in [1.29, 1.82) is 0 Å². The number of pyridine rings is 1. The molecule has 0 radical (unpaired) electrons. The third-order valence-corrected chi connectivity index (χ3v) is 3.47. The summed E-state index contributed by atoms with van der Waals surface area (Å²) < 4.78 is 0. The van der Waals surface area contributed by atoms with Crippen molar-refractivity contribution in [3.05, 3.63) is 64.5 Å². The first-order valence-electron chi connectivity index (χ1n) is 6.84. The molecule has 0 aliphatic carbocycles. The highest BCUT2D eigenvalue weighted by molar-refractivity contribution is 5.41. The van der Waals surface area contributed by atoms with Crippen molar-refractivity contribution in [3.63, 3.8) is 0 Å². The maximum absolute atomic E-state index is 4.33. The summed E-state index contributed by atoms with van der Waals surface area (Å²) in [5, 5.41) is 3.58. The maximum Gasteiger partial charge on any atom is 0.0597 e. The van der Waals surface area contributed by atoms with E-state index in [-0.39, 0.29) is 6.04 Å². The summed E-state index contributed by atoms with van der Waals surface area (Å²) in [5.74, 6) is 0. The van der Waals surface area contributed by atoms with E-state index >= 15 is 0 Å². The Morgan fingerprint density at radius 2 is 1.79 bits per heavy atom. The summed E-state index contributed by atoms with van der Waals surface area (Å²) >= 11 is 0. The van der Waals surface area contributed by atoms with E-state index in [1.807, 2.05) is 12.4 Å². The third-order valence-electron chi connectivity index (χ3n) is 3.47. The Balaban J connectivity index is 2.51. The Bertz CT molecular complexity index is 541. The molecule has 0 aliphatic rings. The van der Waals surface area contributed by atoms with E-state index in [0.29, 0.717) is 0 Å². The molecule has 2 rings (SSSR count). The molecule has 0 fully saturated rings. The predicted molar refractivity (Wildman–Crippen MR) is 80.4 cm³/mol. The number of aromatic nitrogens is 1. The van der Waals surface area contributed by atoms with Crippen LogP contribution in [0.3, 0.4) is 0 Å². The fraction of sp³-hybridized carbons (Fsp3) is 0.353. The summed E-state index contributed by atoms with van der Waals surface area (Å²) in [6.45, 7) is 9.52. The Morgan fingerprint density at radius 1 is 1.11 bits per heavy atom. The van der Waals surface area contributed by atoms with Crippen molar-refractivity contribution in [2.75, 3.05) is 6.54 Å². The quantitative estimate of drug-likeness (QED) is 0.899. The Labute approximate surface area is 115 Å². The molecule has 100 valence electrons. The van der Waals surface area contributed by atoms with Crippen molar-refractivity contribution in [2.45, 2.75) is 33.7 Å². The van der Waals surface area contributed by atoms with Crippen LogP contribution < -0.4 is 5.32 Å². The van der Waals surface area contributed by atoms with Gasteiger partial charge in [-0.2, -0.15) is 0 Å². The SMILES string of the molecule is CCNC(c1cncc(C)c1)c1c(C)cccc1C. The normalized spacial score (nSPS) is 12.4. The van der Waals surface area contributed by atoms with Gasteiger partial charge in [-0.25, -0.2) is 0 Å². The number of benzene rings is 1. The van der Waals surface area contributed by atoms with Gasteiger partial charge in [-0.15, -0.1) is 0 Å². The van der Waals surface area contributed by atoms with Gasteiger partial charge in [0, 0.05) is 12.4 Å². The fourth-order valence-corrected chi connectivity index (χ4v) is 2.61. The first-order chi connectivity index (χ1) is 9.13. The lowest BCUT2D eigenvalue weighted by atomic mass is 9.91. The molecule has 0 saturated heterocycles. The molecule has 0 amide bonds. The van der Waals surface area contributed by atoms with Crippen LogP contribution in [0.1, 0.15) is 40.8 Å². The first kappa shape index (κ1) is 13.8. The van der Waals surface area contributed by atoms with Crippen molar-refractivity contribution in [3.8, 4) is 0 Å². The number of nitrogens with zero attached hydrogens (tertiary/aromatic N) is 1. The molecule has 1 aromatic carbocycles. The molecular weight excluding hydrogens is 232 g/mol. The molecule has 2 heteroatoms. The highest BCUT2D eigenvalue weighted by Crippen LogP contribution is 2.27. The molecule has 0 spiro atoms. The Kier molecular flexibility index (Phi) is 4.33. The van der Waals surface area contributed by atoms with Crippen LogP contribution in [0.5, 0.6) is 0 Å². The van der Waals surface area contributed by atoms with Gasteiger partial charge in [0.05, 0.1) is 6.04 Å². The fourth-order valence-electron chi connectivity index (χ4n) is 2.61. The minimum atomic E-state index is 0.221. The van der Waals surface area contributed by atoms with Gasteiger partial charge in [-0.05, 0) is 55.1 Å². The van der Waals surface area contributed by atoms with Crippen LogP contribution in [-0.4, -0.2) is 11.5 Å². The van der Waals surface area contributed by atoms with Gasteiger partial charge in [-0.1, -0.05) is 31.2 Å².